The van der Waals surface area contributed by atoms with Gasteiger partial charge in [0.2, 0.25) is 5.88 Å². The van der Waals surface area contributed by atoms with E-state index in [0.717, 1.165) is 17.7 Å². The van der Waals surface area contributed by atoms with E-state index in [1.165, 1.54) is 15.4 Å². The molecular weight excluding hydrogens is 290 g/mol. The van der Waals surface area contributed by atoms with Gasteiger partial charge in [-0.25, -0.2) is 4.98 Å². The highest BCUT2D eigenvalue weighted by atomic mass is 32.2. The van der Waals surface area contributed by atoms with E-state index in [1.807, 2.05) is 24.3 Å². The van der Waals surface area contributed by atoms with Crippen LogP contribution in [0.2, 0.25) is 0 Å². The molecule has 2 heterocycles. The highest BCUT2D eigenvalue weighted by Crippen LogP contribution is 2.39. The number of hydrogen-bond donors (Lipinski definition) is 0. The van der Waals surface area contributed by atoms with Crippen LogP contribution in [0.25, 0.3) is 0 Å². The molecule has 0 N–H and O–H groups in total. The molecule has 0 bridgehead atoms. The number of hydrogen-bond acceptors (Lipinski definition) is 3. The van der Waals surface area contributed by atoms with Crippen molar-refractivity contribution in [2.45, 2.75) is 22.8 Å². The molecule has 0 saturated heterocycles. The predicted molar refractivity (Wildman–Crippen MR) is 88.4 cm³/mol. The Morgan fingerprint density at radius 3 is 2.59 bits per heavy atom. The molecule has 1 aliphatic heterocycles. The lowest BCUT2D eigenvalue weighted by Gasteiger charge is -2.18. The van der Waals surface area contributed by atoms with Crippen molar-refractivity contribution < 1.29 is 4.74 Å². The molecular formula is C19H15NOS. The minimum absolute atomic E-state index is 0.552. The molecule has 0 saturated carbocycles. The average Bonchev–Trinajstić information content (AvgIpc) is 2.59. The van der Waals surface area contributed by atoms with Crippen molar-refractivity contribution in [3.8, 4) is 5.88 Å². The third-order valence-corrected chi connectivity index (χ3v) is 4.90. The van der Waals surface area contributed by atoms with Crippen LogP contribution in [0.3, 0.4) is 0 Å². The van der Waals surface area contributed by atoms with Crippen molar-refractivity contribution in [2.24, 2.45) is 0 Å². The second kappa shape index (κ2) is 5.85. The Morgan fingerprint density at radius 1 is 0.864 bits per heavy atom. The van der Waals surface area contributed by atoms with Crippen molar-refractivity contribution >= 4 is 11.8 Å². The van der Waals surface area contributed by atoms with E-state index in [4.69, 9.17) is 4.74 Å². The predicted octanol–water partition coefficient (Wildman–Crippen LogP) is 4.72. The fourth-order valence-corrected chi connectivity index (χ4v) is 3.57. The number of benzene rings is 2. The van der Waals surface area contributed by atoms with Crippen LogP contribution in [-0.4, -0.2) is 4.98 Å². The fraction of sp³-hybridized carbons (Fsp3) is 0.105. The SMILES string of the molecule is c1ccc(COc2ccc3c(n2)Cc2ccccc2S3)cc1. The lowest BCUT2D eigenvalue weighted by molar-refractivity contribution is 0.292. The molecule has 0 aliphatic carbocycles. The zero-order valence-electron chi connectivity index (χ0n) is 12.0. The molecule has 108 valence electrons. The summed E-state index contributed by atoms with van der Waals surface area (Å²) >= 11 is 1.79. The smallest absolute Gasteiger partial charge is 0.213 e. The monoisotopic (exact) mass is 305 g/mol. The first kappa shape index (κ1) is 13.4. The maximum absolute atomic E-state index is 5.83. The zero-order valence-corrected chi connectivity index (χ0v) is 12.8. The zero-order chi connectivity index (χ0) is 14.8. The molecule has 0 fully saturated rings. The maximum Gasteiger partial charge on any atom is 0.213 e. The van der Waals surface area contributed by atoms with Crippen molar-refractivity contribution in [1.82, 2.24) is 4.98 Å². The summed E-state index contributed by atoms with van der Waals surface area (Å²) in [6, 6.07) is 22.8. The van der Waals surface area contributed by atoms with Gasteiger partial charge in [-0.15, -0.1) is 0 Å². The molecule has 3 heteroatoms. The van der Waals surface area contributed by atoms with Gasteiger partial charge < -0.3 is 4.74 Å². The number of ether oxygens (including phenoxy) is 1. The Balaban J connectivity index is 1.53. The Labute approximate surface area is 134 Å². The van der Waals surface area contributed by atoms with Crippen LogP contribution in [0.15, 0.2) is 76.5 Å². The third-order valence-electron chi connectivity index (χ3n) is 3.69. The number of aromatic nitrogens is 1. The lowest BCUT2D eigenvalue weighted by Crippen LogP contribution is -2.04. The highest BCUT2D eigenvalue weighted by Gasteiger charge is 2.17. The molecule has 3 aromatic rings. The summed E-state index contributed by atoms with van der Waals surface area (Å²) in [6.07, 6.45) is 0.876. The third kappa shape index (κ3) is 2.72. The summed E-state index contributed by atoms with van der Waals surface area (Å²) in [5, 5.41) is 0. The van der Waals surface area contributed by atoms with Crippen LogP contribution >= 0.6 is 11.8 Å². The van der Waals surface area contributed by atoms with E-state index < -0.39 is 0 Å². The largest absolute Gasteiger partial charge is 0.473 e. The lowest BCUT2D eigenvalue weighted by atomic mass is 10.1. The van der Waals surface area contributed by atoms with E-state index in [2.05, 4.69) is 47.4 Å². The second-order valence-electron chi connectivity index (χ2n) is 5.26. The Morgan fingerprint density at radius 2 is 1.68 bits per heavy atom. The van der Waals surface area contributed by atoms with E-state index in [0.29, 0.717) is 12.5 Å². The molecule has 22 heavy (non-hydrogen) atoms. The summed E-state index contributed by atoms with van der Waals surface area (Å²) in [5.74, 6) is 0.697. The summed E-state index contributed by atoms with van der Waals surface area (Å²) < 4.78 is 5.83. The van der Waals surface area contributed by atoms with Gasteiger partial charge in [-0.3, -0.25) is 0 Å². The normalized spacial score (nSPS) is 12.4. The summed E-state index contributed by atoms with van der Waals surface area (Å²) in [6.45, 7) is 0.552. The number of nitrogens with zero attached hydrogens (tertiary/aromatic N) is 1. The standard InChI is InChI=1S/C19H15NOS/c1-2-6-14(7-3-1)13-21-19-11-10-18-16(20-19)12-15-8-4-5-9-17(15)22-18/h1-11H,12-13H2. The fourth-order valence-electron chi connectivity index (χ4n) is 2.55. The van der Waals surface area contributed by atoms with Gasteiger partial charge in [0.1, 0.15) is 6.61 Å². The van der Waals surface area contributed by atoms with E-state index in [9.17, 15) is 0 Å². The quantitative estimate of drug-likeness (QED) is 0.547. The number of fused-ring (bicyclic) bond motifs is 2. The molecule has 2 aromatic carbocycles. The number of pyridine rings is 1. The van der Waals surface area contributed by atoms with Gasteiger partial charge in [0.25, 0.3) is 0 Å². The molecule has 4 rings (SSSR count). The van der Waals surface area contributed by atoms with Crippen LogP contribution < -0.4 is 4.74 Å². The van der Waals surface area contributed by atoms with Crippen LogP contribution in [0.1, 0.15) is 16.8 Å². The van der Waals surface area contributed by atoms with Crippen molar-refractivity contribution in [2.75, 3.05) is 0 Å². The van der Waals surface area contributed by atoms with Gasteiger partial charge in [-0.1, -0.05) is 60.3 Å². The molecule has 1 aromatic heterocycles. The summed E-state index contributed by atoms with van der Waals surface area (Å²) in [5.41, 5.74) is 3.60. The van der Waals surface area contributed by atoms with Crippen LogP contribution in [-0.2, 0) is 13.0 Å². The average molecular weight is 305 g/mol. The first-order chi connectivity index (χ1) is 10.9. The van der Waals surface area contributed by atoms with Crippen molar-refractivity contribution in [3.05, 3.63) is 83.6 Å². The van der Waals surface area contributed by atoms with E-state index in [-0.39, 0.29) is 0 Å². The molecule has 1 aliphatic rings. The second-order valence-corrected chi connectivity index (χ2v) is 6.34. The first-order valence-electron chi connectivity index (χ1n) is 7.31. The Kier molecular flexibility index (Phi) is 3.57. The highest BCUT2D eigenvalue weighted by molar-refractivity contribution is 7.99. The van der Waals surface area contributed by atoms with Gasteiger partial charge >= 0.3 is 0 Å². The molecule has 0 atom stereocenters. The van der Waals surface area contributed by atoms with Gasteiger partial charge in [0.05, 0.1) is 5.69 Å². The van der Waals surface area contributed by atoms with Crippen molar-refractivity contribution in [1.29, 1.82) is 0 Å². The molecule has 0 spiro atoms. The van der Waals surface area contributed by atoms with Gasteiger partial charge in [-0.2, -0.15) is 0 Å². The summed E-state index contributed by atoms with van der Waals surface area (Å²) in [7, 11) is 0. The van der Waals surface area contributed by atoms with E-state index in [1.54, 1.807) is 11.8 Å². The molecule has 2 nitrogen and oxygen atoms in total. The summed E-state index contributed by atoms with van der Waals surface area (Å²) in [4.78, 5) is 7.24. The van der Waals surface area contributed by atoms with Gasteiger partial charge in [0, 0.05) is 22.3 Å². The van der Waals surface area contributed by atoms with Gasteiger partial charge in [0.15, 0.2) is 0 Å². The van der Waals surface area contributed by atoms with Crippen LogP contribution in [0, 0.1) is 0 Å². The topological polar surface area (TPSA) is 22.1 Å². The minimum Gasteiger partial charge on any atom is -0.473 e. The minimum atomic E-state index is 0.552. The van der Waals surface area contributed by atoms with Gasteiger partial charge in [-0.05, 0) is 23.3 Å². The van der Waals surface area contributed by atoms with E-state index >= 15 is 0 Å². The first-order valence-corrected chi connectivity index (χ1v) is 8.12. The molecule has 0 unspecified atom stereocenters. The Hall–Kier alpha value is -2.26. The van der Waals surface area contributed by atoms with Crippen molar-refractivity contribution in [3.63, 3.8) is 0 Å². The van der Waals surface area contributed by atoms with Crippen LogP contribution in [0.5, 0.6) is 5.88 Å². The number of rotatable bonds is 3. The Bertz CT molecular complexity index is 802. The van der Waals surface area contributed by atoms with Crippen LogP contribution in [0.4, 0.5) is 0 Å². The molecule has 0 amide bonds. The maximum atomic E-state index is 5.83. The molecule has 0 radical (unpaired) electrons.